The normalized spacial score (nSPS) is 30.6. The van der Waals surface area contributed by atoms with E-state index in [0.29, 0.717) is 31.4 Å². The average Bonchev–Trinajstić information content (AvgIpc) is 2.92. The molecule has 2 rings (SSSR count). The minimum atomic E-state index is -0.386. The van der Waals surface area contributed by atoms with Crippen molar-refractivity contribution in [1.82, 2.24) is 5.32 Å². The third kappa shape index (κ3) is 5.38. The molecule has 0 aromatic heterocycles. The van der Waals surface area contributed by atoms with Gasteiger partial charge in [0.2, 0.25) is 0 Å². The molecule has 19 heavy (non-hydrogen) atoms. The van der Waals surface area contributed by atoms with Crippen LogP contribution in [0.2, 0.25) is 0 Å². The number of hydrogen-bond donors (Lipinski definition) is 2. The molecule has 0 aromatic rings. The fraction of sp³-hybridized carbons (Fsp3) is 1.00. The van der Waals surface area contributed by atoms with Crippen LogP contribution >= 0.6 is 0 Å². The predicted octanol–water partition coefficient (Wildman–Crippen LogP) is 1.85. The van der Waals surface area contributed by atoms with Crippen LogP contribution in [-0.4, -0.2) is 49.7 Å². The number of methoxy groups -OCH3 is 1. The molecule has 0 amide bonds. The average molecular weight is 271 g/mol. The van der Waals surface area contributed by atoms with E-state index in [9.17, 15) is 5.11 Å². The maximum Gasteiger partial charge on any atom is 0.0897 e. The molecule has 4 nitrogen and oxygen atoms in total. The van der Waals surface area contributed by atoms with Crippen LogP contribution < -0.4 is 5.32 Å². The SMILES string of the molecule is COC1CCC(NCC(O)COC2CCCCC2)C1. The lowest BCUT2D eigenvalue weighted by atomic mass is 9.98. The largest absolute Gasteiger partial charge is 0.389 e. The second-order valence-electron chi connectivity index (χ2n) is 6.02. The zero-order valence-corrected chi connectivity index (χ0v) is 12.1. The van der Waals surface area contributed by atoms with Crippen molar-refractivity contribution in [1.29, 1.82) is 0 Å². The van der Waals surface area contributed by atoms with E-state index in [1.165, 1.54) is 19.3 Å². The lowest BCUT2D eigenvalue weighted by Crippen LogP contribution is -2.37. The summed E-state index contributed by atoms with van der Waals surface area (Å²) in [7, 11) is 1.78. The second-order valence-corrected chi connectivity index (χ2v) is 6.02. The monoisotopic (exact) mass is 271 g/mol. The number of aliphatic hydroxyl groups excluding tert-OH is 1. The van der Waals surface area contributed by atoms with Gasteiger partial charge in [0, 0.05) is 19.7 Å². The van der Waals surface area contributed by atoms with Gasteiger partial charge in [-0.2, -0.15) is 0 Å². The first-order valence-electron chi connectivity index (χ1n) is 7.83. The van der Waals surface area contributed by atoms with E-state index in [2.05, 4.69) is 5.32 Å². The summed E-state index contributed by atoms with van der Waals surface area (Å²) in [6, 6.07) is 0.495. The number of aliphatic hydroxyl groups is 1. The minimum absolute atomic E-state index is 0.382. The fourth-order valence-corrected chi connectivity index (χ4v) is 3.18. The van der Waals surface area contributed by atoms with Gasteiger partial charge < -0.3 is 19.9 Å². The maximum atomic E-state index is 9.94. The zero-order chi connectivity index (χ0) is 13.5. The Hall–Kier alpha value is -0.160. The summed E-state index contributed by atoms with van der Waals surface area (Å²) in [6.45, 7) is 1.10. The second kappa shape index (κ2) is 8.20. The summed E-state index contributed by atoms with van der Waals surface area (Å²) in [6.07, 6.45) is 9.95. The van der Waals surface area contributed by atoms with Gasteiger partial charge in [-0.25, -0.2) is 0 Å². The van der Waals surface area contributed by atoms with Crippen molar-refractivity contribution in [2.75, 3.05) is 20.3 Å². The third-order valence-electron chi connectivity index (χ3n) is 4.44. The van der Waals surface area contributed by atoms with Crippen LogP contribution in [0.1, 0.15) is 51.4 Å². The molecule has 4 heteroatoms. The van der Waals surface area contributed by atoms with E-state index in [0.717, 1.165) is 32.1 Å². The van der Waals surface area contributed by atoms with E-state index in [-0.39, 0.29) is 6.10 Å². The van der Waals surface area contributed by atoms with Crippen molar-refractivity contribution in [3.8, 4) is 0 Å². The first-order chi connectivity index (χ1) is 9.28. The van der Waals surface area contributed by atoms with Crippen LogP contribution in [0.4, 0.5) is 0 Å². The summed E-state index contributed by atoms with van der Waals surface area (Å²) in [5, 5.41) is 13.4. The van der Waals surface area contributed by atoms with Crippen LogP contribution in [0.3, 0.4) is 0 Å². The lowest BCUT2D eigenvalue weighted by molar-refractivity contribution is -0.0236. The number of hydrogen-bond acceptors (Lipinski definition) is 4. The maximum absolute atomic E-state index is 9.94. The topological polar surface area (TPSA) is 50.7 Å². The van der Waals surface area contributed by atoms with Crippen LogP contribution in [0.25, 0.3) is 0 Å². The highest BCUT2D eigenvalue weighted by Gasteiger charge is 2.24. The molecular weight excluding hydrogens is 242 g/mol. The predicted molar refractivity (Wildman–Crippen MR) is 75.3 cm³/mol. The molecule has 0 spiro atoms. The summed E-state index contributed by atoms with van der Waals surface area (Å²) >= 11 is 0. The van der Waals surface area contributed by atoms with Crippen LogP contribution in [-0.2, 0) is 9.47 Å². The number of ether oxygens (including phenoxy) is 2. The van der Waals surface area contributed by atoms with E-state index in [1.807, 2.05) is 0 Å². The molecule has 0 aromatic carbocycles. The number of nitrogens with one attached hydrogen (secondary N) is 1. The lowest BCUT2D eigenvalue weighted by Gasteiger charge is -2.24. The number of rotatable bonds is 7. The molecule has 112 valence electrons. The van der Waals surface area contributed by atoms with Gasteiger partial charge in [0.25, 0.3) is 0 Å². The Bertz CT molecular complexity index is 244. The van der Waals surface area contributed by atoms with E-state index >= 15 is 0 Å². The molecule has 0 heterocycles. The van der Waals surface area contributed by atoms with E-state index < -0.39 is 0 Å². The fourth-order valence-electron chi connectivity index (χ4n) is 3.18. The molecule has 3 atom stereocenters. The molecule has 0 radical (unpaired) electrons. The van der Waals surface area contributed by atoms with E-state index in [4.69, 9.17) is 9.47 Å². The standard InChI is InChI=1S/C15H29NO3/c1-18-15-8-7-12(9-15)16-10-13(17)11-19-14-5-3-2-4-6-14/h12-17H,2-11H2,1H3. The Morgan fingerprint density at radius 2 is 1.89 bits per heavy atom. The first-order valence-corrected chi connectivity index (χ1v) is 7.83. The van der Waals surface area contributed by atoms with Crippen molar-refractivity contribution in [3.63, 3.8) is 0 Å². The minimum Gasteiger partial charge on any atom is -0.389 e. The Morgan fingerprint density at radius 1 is 1.11 bits per heavy atom. The van der Waals surface area contributed by atoms with Gasteiger partial charge >= 0.3 is 0 Å². The van der Waals surface area contributed by atoms with Gasteiger partial charge in [-0.3, -0.25) is 0 Å². The Balaban J connectivity index is 1.53. The van der Waals surface area contributed by atoms with Crippen molar-refractivity contribution in [2.45, 2.75) is 75.7 Å². The molecule has 0 bridgehead atoms. The smallest absolute Gasteiger partial charge is 0.0897 e. The van der Waals surface area contributed by atoms with Crippen LogP contribution in [0.15, 0.2) is 0 Å². The summed E-state index contributed by atoms with van der Waals surface area (Å²) in [5.74, 6) is 0. The van der Waals surface area contributed by atoms with Gasteiger partial charge in [0.1, 0.15) is 0 Å². The quantitative estimate of drug-likeness (QED) is 0.742. The van der Waals surface area contributed by atoms with Gasteiger partial charge in [-0.1, -0.05) is 19.3 Å². The van der Waals surface area contributed by atoms with E-state index in [1.54, 1.807) is 7.11 Å². The molecular formula is C15H29NO3. The molecule has 2 aliphatic carbocycles. The van der Waals surface area contributed by atoms with Gasteiger partial charge in [0.15, 0.2) is 0 Å². The van der Waals surface area contributed by atoms with Crippen LogP contribution in [0, 0.1) is 0 Å². The molecule has 2 aliphatic rings. The first kappa shape index (κ1) is 15.2. The molecule has 2 saturated carbocycles. The molecule has 3 unspecified atom stereocenters. The van der Waals surface area contributed by atoms with Crippen LogP contribution in [0.5, 0.6) is 0 Å². The highest BCUT2D eigenvalue weighted by molar-refractivity contribution is 4.81. The summed E-state index contributed by atoms with van der Waals surface area (Å²) in [4.78, 5) is 0. The zero-order valence-electron chi connectivity index (χ0n) is 12.1. The van der Waals surface area contributed by atoms with Gasteiger partial charge in [-0.15, -0.1) is 0 Å². The summed E-state index contributed by atoms with van der Waals surface area (Å²) < 4.78 is 11.1. The van der Waals surface area contributed by atoms with Gasteiger partial charge in [-0.05, 0) is 32.1 Å². The highest BCUT2D eigenvalue weighted by Crippen LogP contribution is 2.22. The Labute approximate surface area is 116 Å². The van der Waals surface area contributed by atoms with Crippen molar-refractivity contribution in [3.05, 3.63) is 0 Å². The molecule has 0 saturated heterocycles. The van der Waals surface area contributed by atoms with Crippen molar-refractivity contribution >= 4 is 0 Å². The molecule has 2 N–H and O–H groups in total. The van der Waals surface area contributed by atoms with Crippen molar-refractivity contribution in [2.24, 2.45) is 0 Å². The summed E-state index contributed by atoms with van der Waals surface area (Å²) in [5.41, 5.74) is 0. The third-order valence-corrected chi connectivity index (χ3v) is 4.44. The van der Waals surface area contributed by atoms with Crippen molar-refractivity contribution < 1.29 is 14.6 Å². The Kier molecular flexibility index (Phi) is 6.57. The molecule has 0 aliphatic heterocycles. The Morgan fingerprint density at radius 3 is 2.58 bits per heavy atom. The van der Waals surface area contributed by atoms with Gasteiger partial charge in [0.05, 0.1) is 24.9 Å². The molecule has 2 fully saturated rings. The highest BCUT2D eigenvalue weighted by atomic mass is 16.5.